The van der Waals surface area contributed by atoms with Gasteiger partial charge in [0, 0.05) is 12.6 Å². The monoisotopic (exact) mass is 263 g/mol. The molecule has 0 radical (unpaired) electrons. The summed E-state index contributed by atoms with van der Waals surface area (Å²) in [5.41, 5.74) is 7.66. The van der Waals surface area contributed by atoms with Crippen molar-refractivity contribution >= 4 is 17.3 Å². The number of anilines is 2. The van der Waals surface area contributed by atoms with E-state index in [1.54, 1.807) is 6.07 Å². The maximum Gasteiger partial charge on any atom is 0.340 e. The first-order valence-electron chi connectivity index (χ1n) is 6.54. The van der Waals surface area contributed by atoms with Crippen molar-refractivity contribution in [2.75, 3.05) is 38.3 Å². The molecular weight excluding hydrogens is 242 g/mol. The fourth-order valence-electron chi connectivity index (χ4n) is 2.47. The van der Waals surface area contributed by atoms with Crippen molar-refractivity contribution < 1.29 is 9.53 Å². The predicted octanol–water partition coefficient (Wildman–Crippen LogP) is 1.56. The number of benzene rings is 1. The number of nitrogens with zero attached hydrogens (tertiary/aromatic N) is 1. The molecule has 19 heavy (non-hydrogen) atoms. The summed E-state index contributed by atoms with van der Waals surface area (Å²) in [6, 6.07) is 5.90. The van der Waals surface area contributed by atoms with Crippen LogP contribution in [0, 0.1) is 0 Å². The van der Waals surface area contributed by atoms with Crippen molar-refractivity contribution in [3.05, 3.63) is 23.8 Å². The van der Waals surface area contributed by atoms with E-state index in [1.807, 2.05) is 12.1 Å². The topological polar surface area (TPSA) is 67.6 Å². The maximum atomic E-state index is 11.6. The molecule has 0 amide bonds. The van der Waals surface area contributed by atoms with Crippen molar-refractivity contribution in [3.63, 3.8) is 0 Å². The van der Waals surface area contributed by atoms with Gasteiger partial charge in [-0.25, -0.2) is 4.79 Å². The van der Waals surface area contributed by atoms with Gasteiger partial charge in [0.2, 0.25) is 0 Å². The minimum atomic E-state index is -0.404. The lowest BCUT2D eigenvalue weighted by Crippen LogP contribution is -2.31. The molecule has 0 bridgehead atoms. The Balaban J connectivity index is 2.06. The fraction of sp³-hybridized carbons (Fsp3) is 0.500. The number of likely N-dealkylation sites (N-methyl/N-ethyl adjacent to an activating group) is 1. The number of para-hydroxylation sites is 1. The van der Waals surface area contributed by atoms with E-state index in [4.69, 9.17) is 10.5 Å². The largest absolute Gasteiger partial charge is 0.465 e. The second-order valence-corrected chi connectivity index (χ2v) is 4.92. The van der Waals surface area contributed by atoms with Gasteiger partial charge in [-0.05, 0) is 38.6 Å². The van der Waals surface area contributed by atoms with Crippen LogP contribution < -0.4 is 11.1 Å². The van der Waals surface area contributed by atoms with Gasteiger partial charge in [0.05, 0.1) is 24.0 Å². The van der Waals surface area contributed by atoms with Crippen LogP contribution in [0.1, 0.15) is 23.2 Å². The molecule has 5 nitrogen and oxygen atoms in total. The van der Waals surface area contributed by atoms with Gasteiger partial charge >= 0.3 is 5.97 Å². The number of likely N-dealkylation sites (tertiary alicyclic amines) is 1. The van der Waals surface area contributed by atoms with E-state index >= 15 is 0 Å². The van der Waals surface area contributed by atoms with Gasteiger partial charge in [-0.3, -0.25) is 0 Å². The molecule has 5 heteroatoms. The summed E-state index contributed by atoms with van der Waals surface area (Å²) in [5, 5.41) is 3.33. The summed E-state index contributed by atoms with van der Waals surface area (Å²) in [6.07, 6.45) is 2.43. The van der Waals surface area contributed by atoms with Gasteiger partial charge in [0.15, 0.2) is 0 Å². The smallest absolute Gasteiger partial charge is 0.340 e. The van der Waals surface area contributed by atoms with Crippen molar-refractivity contribution in [1.82, 2.24) is 4.90 Å². The first-order chi connectivity index (χ1) is 9.13. The number of nitrogens with one attached hydrogen (secondary N) is 1. The van der Waals surface area contributed by atoms with E-state index in [0.717, 1.165) is 18.8 Å². The Morgan fingerprint density at radius 1 is 1.58 bits per heavy atom. The van der Waals surface area contributed by atoms with Crippen LogP contribution in [0.15, 0.2) is 18.2 Å². The summed E-state index contributed by atoms with van der Waals surface area (Å²) >= 11 is 0. The molecule has 1 unspecified atom stereocenters. The molecule has 2 rings (SSSR count). The molecule has 1 aliphatic rings. The average Bonchev–Trinajstić information content (AvgIpc) is 2.82. The number of ether oxygens (including phenoxy) is 1. The Morgan fingerprint density at radius 2 is 2.37 bits per heavy atom. The highest BCUT2D eigenvalue weighted by Crippen LogP contribution is 2.24. The van der Waals surface area contributed by atoms with Crippen LogP contribution >= 0.6 is 0 Å². The molecule has 1 saturated heterocycles. The number of nitrogens with two attached hydrogens (primary N) is 1. The number of carbonyl (C=O) groups excluding carboxylic acids is 1. The normalized spacial score (nSPS) is 19.4. The molecule has 3 N–H and O–H groups in total. The molecule has 0 spiro atoms. The van der Waals surface area contributed by atoms with Crippen LogP contribution in [-0.2, 0) is 4.74 Å². The highest BCUT2D eigenvalue weighted by molar-refractivity contribution is 5.98. The minimum Gasteiger partial charge on any atom is -0.465 e. The zero-order chi connectivity index (χ0) is 13.8. The van der Waals surface area contributed by atoms with E-state index in [-0.39, 0.29) is 0 Å². The molecule has 1 fully saturated rings. The predicted molar refractivity (Wildman–Crippen MR) is 76.3 cm³/mol. The molecule has 1 aromatic carbocycles. The molecule has 1 atom stereocenters. The second-order valence-electron chi connectivity index (χ2n) is 4.92. The van der Waals surface area contributed by atoms with Crippen LogP contribution in [0.3, 0.4) is 0 Å². The van der Waals surface area contributed by atoms with Crippen molar-refractivity contribution in [2.45, 2.75) is 18.9 Å². The SMILES string of the molecule is COC(=O)c1cccc(NCC2CCCN2C)c1N. The summed E-state index contributed by atoms with van der Waals surface area (Å²) in [7, 11) is 3.49. The van der Waals surface area contributed by atoms with E-state index in [0.29, 0.717) is 17.3 Å². The third kappa shape index (κ3) is 2.98. The van der Waals surface area contributed by atoms with E-state index in [2.05, 4.69) is 17.3 Å². The molecule has 1 aliphatic heterocycles. The zero-order valence-electron chi connectivity index (χ0n) is 11.5. The van der Waals surface area contributed by atoms with Gasteiger partial charge < -0.3 is 20.7 Å². The molecule has 1 aromatic rings. The van der Waals surface area contributed by atoms with Gasteiger partial charge in [-0.2, -0.15) is 0 Å². The lowest BCUT2D eigenvalue weighted by Gasteiger charge is -2.21. The number of hydrogen-bond donors (Lipinski definition) is 2. The standard InChI is InChI=1S/C14H21N3O2/c1-17-8-4-5-10(17)9-16-12-7-3-6-11(13(12)15)14(18)19-2/h3,6-7,10,16H,4-5,8-9,15H2,1-2H3. The third-order valence-electron chi connectivity index (χ3n) is 3.71. The Labute approximate surface area is 113 Å². The van der Waals surface area contributed by atoms with E-state index < -0.39 is 5.97 Å². The highest BCUT2D eigenvalue weighted by Gasteiger charge is 2.21. The number of esters is 1. The van der Waals surface area contributed by atoms with Gasteiger partial charge in [-0.15, -0.1) is 0 Å². The van der Waals surface area contributed by atoms with Crippen LogP contribution in [0.2, 0.25) is 0 Å². The summed E-state index contributed by atoms with van der Waals surface area (Å²) < 4.78 is 4.71. The molecule has 0 aromatic heterocycles. The number of hydrogen-bond acceptors (Lipinski definition) is 5. The molecular formula is C14H21N3O2. The Bertz CT molecular complexity index is 462. The molecule has 104 valence electrons. The van der Waals surface area contributed by atoms with E-state index in [1.165, 1.54) is 20.0 Å². The molecule has 0 aliphatic carbocycles. The lowest BCUT2D eigenvalue weighted by molar-refractivity contribution is 0.0602. The Morgan fingerprint density at radius 3 is 3.00 bits per heavy atom. The third-order valence-corrected chi connectivity index (χ3v) is 3.71. The number of rotatable bonds is 4. The Kier molecular flexibility index (Phi) is 4.27. The van der Waals surface area contributed by atoms with Crippen LogP contribution in [0.5, 0.6) is 0 Å². The lowest BCUT2D eigenvalue weighted by atomic mass is 10.1. The molecule has 1 heterocycles. The quantitative estimate of drug-likeness (QED) is 0.637. The first kappa shape index (κ1) is 13.7. The van der Waals surface area contributed by atoms with E-state index in [9.17, 15) is 4.79 Å². The number of carbonyl (C=O) groups is 1. The van der Waals surface area contributed by atoms with Gasteiger partial charge in [0.1, 0.15) is 0 Å². The summed E-state index contributed by atoms with van der Waals surface area (Å²) in [6.45, 7) is 1.98. The fourth-order valence-corrected chi connectivity index (χ4v) is 2.47. The van der Waals surface area contributed by atoms with Crippen LogP contribution in [0.4, 0.5) is 11.4 Å². The van der Waals surface area contributed by atoms with Gasteiger partial charge in [-0.1, -0.05) is 6.07 Å². The van der Waals surface area contributed by atoms with Crippen molar-refractivity contribution in [2.24, 2.45) is 0 Å². The summed E-state index contributed by atoms with van der Waals surface area (Å²) in [5.74, 6) is -0.404. The highest BCUT2D eigenvalue weighted by atomic mass is 16.5. The van der Waals surface area contributed by atoms with Gasteiger partial charge in [0.25, 0.3) is 0 Å². The average molecular weight is 263 g/mol. The van der Waals surface area contributed by atoms with Crippen molar-refractivity contribution in [1.29, 1.82) is 0 Å². The molecule has 0 saturated carbocycles. The van der Waals surface area contributed by atoms with Crippen molar-refractivity contribution in [3.8, 4) is 0 Å². The number of nitrogen functional groups attached to an aromatic ring is 1. The summed E-state index contributed by atoms with van der Waals surface area (Å²) in [4.78, 5) is 13.9. The second kappa shape index (κ2) is 5.93. The Hall–Kier alpha value is -1.75. The van der Waals surface area contributed by atoms with Crippen LogP contribution in [-0.4, -0.2) is 44.2 Å². The first-order valence-corrected chi connectivity index (χ1v) is 6.54. The minimum absolute atomic E-state index is 0.404. The zero-order valence-corrected chi connectivity index (χ0v) is 11.5. The maximum absolute atomic E-state index is 11.6. The van der Waals surface area contributed by atoms with Crippen LogP contribution in [0.25, 0.3) is 0 Å². The number of methoxy groups -OCH3 is 1.